The molecule has 84 valence electrons. The molecule has 16 heavy (non-hydrogen) atoms. The summed E-state index contributed by atoms with van der Waals surface area (Å²) in [5.74, 6) is 0. The Bertz CT molecular complexity index is 510. The third-order valence-electron chi connectivity index (χ3n) is 2.13. The topological polar surface area (TPSA) is 38.9 Å². The lowest BCUT2D eigenvalue weighted by Gasteiger charge is -2.01. The summed E-state index contributed by atoms with van der Waals surface area (Å²) in [5, 5.41) is 1.64. The van der Waals surface area contributed by atoms with E-state index in [4.69, 9.17) is 17.3 Å². The van der Waals surface area contributed by atoms with Gasteiger partial charge in [0.1, 0.15) is 5.01 Å². The number of nitrogens with zero attached hydrogens (tertiary/aromatic N) is 1. The van der Waals surface area contributed by atoms with Crippen molar-refractivity contribution in [3.05, 3.63) is 38.8 Å². The minimum absolute atomic E-state index is 0.0178. The highest BCUT2D eigenvalue weighted by atomic mass is 79.9. The SMILES string of the molecule is CC(N)c1cnc(-c2cc(Cl)ccc2Br)s1. The lowest BCUT2D eigenvalue weighted by atomic mass is 10.2. The fraction of sp³-hybridized carbons (Fsp3) is 0.182. The largest absolute Gasteiger partial charge is 0.323 e. The second-order valence-electron chi connectivity index (χ2n) is 3.48. The first-order valence-corrected chi connectivity index (χ1v) is 6.73. The molecule has 0 fully saturated rings. The first kappa shape index (κ1) is 12.0. The zero-order chi connectivity index (χ0) is 11.7. The molecule has 0 spiro atoms. The van der Waals surface area contributed by atoms with Crippen molar-refractivity contribution >= 4 is 38.9 Å². The second kappa shape index (κ2) is 4.84. The fourth-order valence-electron chi connectivity index (χ4n) is 1.28. The zero-order valence-electron chi connectivity index (χ0n) is 8.58. The predicted molar refractivity (Wildman–Crippen MR) is 72.9 cm³/mol. The fourth-order valence-corrected chi connectivity index (χ4v) is 2.92. The van der Waals surface area contributed by atoms with Gasteiger partial charge in [-0.3, -0.25) is 0 Å². The molecule has 0 aliphatic carbocycles. The van der Waals surface area contributed by atoms with Crippen molar-refractivity contribution in [3.8, 4) is 10.6 Å². The molecule has 1 atom stereocenters. The Morgan fingerprint density at radius 1 is 1.50 bits per heavy atom. The summed E-state index contributed by atoms with van der Waals surface area (Å²) < 4.78 is 0.988. The van der Waals surface area contributed by atoms with Crippen LogP contribution in [-0.2, 0) is 0 Å². The Labute approximate surface area is 112 Å². The molecule has 2 N–H and O–H groups in total. The first-order valence-electron chi connectivity index (χ1n) is 4.74. The summed E-state index contributed by atoms with van der Waals surface area (Å²) in [7, 11) is 0. The van der Waals surface area contributed by atoms with Crippen LogP contribution in [0.15, 0.2) is 28.9 Å². The molecule has 0 radical (unpaired) electrons. The summed E-state index contributed by atoms with van der Waals surface area (Å²) >= 11 is 11.0. The molecule has 0 saturated carbocycles. The van der Waals surface area contributed by atoms with Crippen molar-refractivity contribution in [2.45, 2.75) is 13.0 Å². The van der Waals surface area contributed by atoms with Crippen LogP contribution in [0.25, 0.3) is 10.6 Å². The van der Waals surface area contributed by atoms with Gasteiger partial charge >= 0.3 is 0 Å². The molecule has 0 bridgehead atoms. The van der Waals surface area contributed by atoms with Gasteiger partial charge in [-0.1, -0.05) is 27.5 Å². The molecule has 1 aromatic carbocycles. The molecule has 5 heteroatoms. The summed E-state index contributed by atoms with van der Waals surface area (Å²) in [6.45, 7) is 1.95. The molecular weight excluding hydrogens is 308 g/mol. The maximum Gasteiger partial charge on any atom is 0.124 e. The first-order chi connectivity index (χ1) is 7.58. The van der Waals surface area contributed by atoms with Gasteiger partial charge in [-0.25, -0.2) is 4.98 Å². The van der Waals surface area contributed by atoms with E-state index in [0.717, 1.165) is 19.9 Å². The van der Waals surface area contributed by atoms with Gasteiger partial charge in [0.05, 0.1) is 0 Å². The number of halogens is 2. The Balaban J connectivity index is 2.46. The van der Waals surface area contributed by atoms with Crippen molar-refractivity contribution in [3.63, 3.8) is 0 Å². The molecule has 2 rings (SSSR count). The molecular formula is C11H10BrClN2S. The van der Waals surface area contributed by atoms with E-state index in [-0.39, 0.29) is 6.04 Å². The van der Waals surface area contributed by atoms with Crippen LogP contribution in [0.2, 0.25) is 5.02 Å². The van der Waals surface area contributed by atoms with Crippen LogP contribution in [0.4, 0.5) is 0 Å². The molecule has 2 aromatic rings. The maximum atomic E-state index is 5.97. The monoisotopic (exact) mass is 316 g/mol. The molecule has 0 saturated heterocycles. The van der Waals surface area contributed by atoms with E-state index in [0.29, 0.717) is 5.02 Å². The lowest BCUT2D eigenvalue weighted by Crippen LogP contribution is -2.01. The number of benzene rings is 1. The highest BCUT2D eigenvalue weighted by molar-refractivity contribution is 9.10. The van der Waals surface area contributed by atoms with Crippen molar-refractivity contribution in [2.24, 2.45) is 5.73 Å². The molecule has 0 aliphatic rings. The van der Waals surface area contributed by atoms with Crippen molar-refractivity contribution in [2.75, 3.05) is 0 Å². The standard InChI is InChI=1S/C11H10BrClN2S/c1-6(14)10-5-15-11(16-10)8-4-7(13)2-3-9(8)12/h2-6H,14H2,1H3. The molecule has 0 aliphatic heterocycles. The van der Waals surface area contributed by atoms with Crippen LogP contribution >= 0.6 is 38.9 Å². The Morgan fingerprint density at radius 2 is 2.25 bits per heavy atom. The van der Waals surface area contributed by atoms with E-state index in [1.165, 1.54) is 0 Å². The Kier molecular flexibility index (Phi) is 3.64. The van der Waals surface area contributed by atoms with E-state index in [1.54, 1.807) is 11.3 Å². The van der Waals surface area contributed by atoms with Crippen LogP contribution in [0.5, 0.6) is 0 Å². The molecule has 1 unspecified atom stereocenters. The minimum atomic E-state index is 0.0178. The normalized spacial score (nSPS) is 12.8. The van der Waals surface area contributed by atoms with Gasteiger partial charge in [0, 0.05) is 32.2 Å². The third kappa shape index (κ3) is 2.46. The van der Waals surface area contributed by atoms with E-state index in [1.807, 2.05) is 31.3 Å². The number of nitrogens with two attached hydrogens (primary N) is 1. The van der Waals surface area contributed by atoms with E-state index in [2.05, 4.69) is 20.9 Å². The Hall–Kier alpha value is -0.420. The molecule has 2 nitrogen and oxygen atoms in total. The van der Waals surface area contributed by atoms with Crippen LogP contribution < -0.4 is 5.73 Å². The number of thiazole rings is 1. The van der Waals surface area contributed by atoms with Crippen molar-refractivity contribution < 1.29 is 0 Å². The third-order valence-corrected chi connectivity index (χ3v) is 4.29. The van der Waals surface area contributed by atoms with Gasteiger partial charge in [0.25, 0.3) is 0 Å². The van der Waals surface area contributed by atoms with Crippen LogP contribution in [0, 0.1) is 0 Å². The lowest BCUT2D eigenvalue weighted by molar-refractivity contribution is 0.835. The minimum Gasteiger partial charge on any atom is -0.323 e. The van der Waals surface area contributed by atoms with Crippen molar-refractivity contribution in [1.29, 1.82) is 0 Å². The zero-order valence-corrected chi connectivity index (χ0v) is 11.7. The number of hydrogen-bond donors (Lipinski definition) is 1. The van der Waals surface area contributed by atoms with Crippen LogP contribution in [0.1, 0.15) is 17.8 Å². The smallest absolute Gasteiger partial charge is 0.124 e. The van der Waals surface area contributed by atoms with Gasteiger partial charge in [-0.05, 0) is 25.1 Å². The van der Waals surface area contributed by atoms with Crippen LogP contribution in [-0.4, -0.2) is 4.98 Å². The average molecular weight is 318 g/mol. The average Bonchev–Trinajstić information content (AvgIpc) is 2.70. The number of rotatable bonds is 2. The van der Waals surface area contributed by atoms with E-state index < -0.39 is 0 Å². The van der Waals surface area contributed by atoms with Gasteiger partial charge in [-0.15, -0.1) is 11.3 Å². The maximum absolute atomic E-state index is 5.97. The van der Waals surface area contributed by atoms with Crippen LogP contribution in [0.3, 0.4) is 0 Å². The van der Waals surface area contributed by atoms with Crippen molar-refractivity contribution in [1.82, 2.24) is 4.98 Å². The predicted octanol–water partition coefficient (Wildman–Crippen LogP) is 4.25. The summed E-state index contributed by atoms with van der Waals surface area (Å²) in [6.07, 6.45) is 1.82. The van der Waals surface area contributed by atoms with Gasteiger partial charge in [-0.2, -0.15) is 0 Å². The molecule has 0 amide bonds. The molecule has 1 aromatic heterocycles. The summed E-state index contributed by atoms with van der Waals surface area (Å²) in [6, 6.07) is 5.68. The van der Waals surface area contributed by atoms with E-state index >= 15 is 0 Å². The quantitative estimate of drug-likeness (QED) is 0.899. The second-order valence-corrected chi connectivity index (χ2v) is 5.83. The number of hydrogen-bond acceptors (Lipinski definition) is 3. The van der Waals surface area contributed by atoms with E-state index in [9.17, 15) is 0 Å². The summed E-state index contributed by atoms with van der Waals surface area (Å²) in [4.78, 5) is 5.43. The van der Waals surface area contributed by atoms with Gasteiger partial charge in [0.15, 0.2) is 0 Å². The Morgan fingerprint density at radius 3 is 2.88 bits per heavy atom. The molecule has 1 heterocycles. The van der Waals surface area contributed by atoms with Gasteiger partial charge < -0.3 is 5.73 Å². The number of aromatic nitrogens is 1. The summed E-state index contributed by atoms with van der Waals surface area (Å²) in [5.41, 5.74) is 6.81. The highest BCUT2D eigenvalue weighted by Crippen LogP contribution is 2.34. The van der Waals surface area contributed by atoms with Gasteiger partial charge in [0.2, 0.25) is 0 Å². The highest BCUT2D eigenvalue weighted by Gasteiger charge is 2.10.